The van der Waals surface area contributed by atoms with Crippen LogP contribution in [-0.4, -0.2) is 14.5 Å². The molecule has 0 aliphatic heterocycles. The number of nitrogens with one attached hydrogen (secondary N) is 1. The highest BCUT2D eigenvalue weighted by Gasteiger charge is 2.18. The second-order valence-corrected chi connectivity index (χ2v) is 6.63. The molecule has 0 fully saturated rings. The fourth-order valence-corrected chi connectivity index (χ4v) is 3.43. The van der Waals surface area contributed by atoms with Gasteiger partial charge < -0.3 is 9.55 Å². The van der Waals surface area contributed by atoms with E-state index in [0.717, 1.165) is 32.5 Å². The number of nitrogens with zero attached hydrogens (tertiary/aromatic N) is 2. The maximum absolute atomic E-state index is 4.54. The molecule has 23 heavy (non-hydrogen) atoms. The Morgan fingerprint density at radius 2 is 1.70 bits per heavy atom. The standard InChI is InChI=1S/C19H16BrN3/c1-12-8-9-13(2)23(12)18-16-10-15(20)11-21-19(16)22-17(18)14-6-4-3-5-7-14/h3-11H,1-2H3,(H,21,22). The normalized spacial score (nSPS) is 11.3. The van der Waals surface area contributed by atoms with Gasteiger partial charge in [0.1, 0.15) is 5.65 Å². The molecule has 1 aromatic carbocycles. The molecule has 114 valence electrons. The Labute approximate surface area is 143 Å². The summed E-state index contributed by atoms with van der Waals surface area (Å²) in [5, 5.41) is 1.11. The van der Waals surface area contributed by atoms with E-state index in [2.05, 4.69) is 86.8 Å². The minimum atomic E-state index is 0.898. The smallest absolute Gasteiger partial charge is 0.139 e. The number of H-pyrrole nitrogens is 1. The van der Waals surface area contributed by atoms with Crippen LogP contribution in [0.2, 0.25) is 0 Å². The second-order valence-electron chi connectivity index (χ2n) is 5.72. The zero-order valence-corrected chi connectivity index (χ0v) is 14.6. The average molecular weight is 366 g/mol. The highest BCUT2D eigenvalue weighted by molar-refractivity contribution is 9.10. The molecule has 0 unspecified atom stereocenters. The third kappa shape index (κ3) is 2.30. The van der Waals surface area contributed by atoms with E-state index in [1.165, 1.54) is 11.4 Å². The number of pyridine rings is 1. The Bertz CT molecular complexity index is 977. The largest absolute Gasteiger partial charge is 0.337 e. The maximum atomic E-state index is 4.54. The number of rotatable bonds is 2. The summed E-state index contributed by atoms with van der Waals surface area (Å²) in [4.78, 5) is 8.04. The average Bonchev–Trinajstić information content (AvgIpc) is 3.08. The van der Waals surface area contributed by atoms with Gasteiger partial charge in [0, 0.05) is 33.0 Å². The van der Waals surface area contributed by atoms with Crippen molar-refractivity contribution in [3.05, 3.63) is 70.6 Å². The lowest BCUT2D eigenvalue weighted by molar-refractivity contribution is 0.975. The van der Waals surface area contributed by atoms with Gasteiger partial charge in [-0.1, -0.05) is 30.3 Å². The molecule has 4 heteroatoms. The van der Waals surface area contributed by atoms with E-state index in [9.17, 15) is 0 Å². The van der Waals surface area contributed by atoms with Gasteiger partial charge in [0.05, 0.1) is 11.4 Å². The molecule has 3 heterocycles. The van der Waals surface area contributed by atoms with Crippen molar-refractivity contribution in [2.75, 3.05) is 0 Å². The Kier molecular flexibility index (Phi) is 3.34. The molecule has 0 atom stereocenters. The summed E-state index contributed by atoms with van der Waals surface area (Å²) < 4.78 is 3.27. The van der Waals surface area contributed by atoms with Gasteiger partial charge in [-0.2, -0.15) is 0 Å². The molecular weight excluding hydrogens is 350 g/mol. The summed E-state index contributed by atoms with van der Waals surface area (Å²) in [6.45, 7) is 4.26. The van der Waals surface area contributed by atoms with Crippen molar-refractivity contribution in [2.24, 2.45) is 0 Å². The van der Waals surface area contributed by atoms with Crippen LogP contribution in [0.25, 0.3) is 28.0 Å². The van der Waals surface area contributed by atoms with Crippen LogP contribution in [0.3, 0.4) is 0 Å². The van der Waals surface area contributed by atoms with Crippen molar-refractivity contribution in [2.45, 2.75) is 13.8 Å². The molecule has 0 aliphatic rings. The first-order chi connectivity index (χ1) is 11.1. The van der Waals surface area contributed by atoms with Gasteiger partial charge in [-0.15, -0.1) is 0 Å². The Balaban J connectivity index is 2.13. The van der Waals surface area contributed by atoms with E-state index < -0.39 is 0 Å². The number of hydrogen-bond donors (Lipinski definition) is 1. The number of hydrogen-bond acceptors (Lipinski definition) is 1. The lowest BCUT2D eigenvalue weighted by atomic mass is 10.1. The van der Waals surface area contributed by atoms with E-state index in [1.54, 1.807) is 0 Å². The van der Waals surface area contributed by atoms with Crippen molar-refractivity contribution < 1.29 is 0 Å². The minimum Gasteiger partial charge on any atom is -0.337 e. The highest BCUT2D eigenvalue weighted by Crippen LogP contribution is 2.35. The van der Waals surface area contributed by atoms with Crippen molar-refractivity contribution >= 4 is 27.0 Å². The Morgan fingerprint density at radius 3 is 2.39 bits per heavy atom. The summed E-state index contributed by atoms with van der Waals surface area (Å²) in [7, 11) is 0. The lowest BCUT2D eigenvalue weighted by Gasteiger charge is -2.12. The van der Waals surface area contributed by atoms with Gasteiger partial charge in [-0.3, -0.25) is 0 Å². The zero-order chi connectivity index (χ0) is 16.0. The van der Waals surface area contributed by atoms with Gasteiger partial charge in [0.2, 0.25) is 0 Å². The summed E-state index contributed by atoms with van der Waals surface area (Å²) in [5.41, 5.74) is 6.72. The van der Waals surface area contributed by atoms with Crippen molar-refractivity contribution in [1.82, 2.24) is 14.5 Å². The number of aromatic amines is 1. The molecule has 0 aliphatic carbocycles. The summed E-state index contributed by atoms with van der Waals surface area (Å²) in [6.07, 6.45) is 1.83. The first-order valence-electron chi connectivity index (χ1n) is 7.53. The fraction of sp³-hybridized carbons (Fsp3) is 0.105. The highest BCUT2D eigenvalue weighted by atomic mass is 79.9. The quantitative estimate of drug-likeness (QED) is 0.506. The molecular formula is C19H16BrN3. The number of benzene rings is 1. The summed E-state index contributed by atoms with van der Waals surface area (Å²) in [6, 6.07) is 16.8. The van der Waals surface area contributed by atoms with Gasteiger partial charge >= 0.3 is 0 Å². The molecule has 4 aromatic rings. The Hall–Kier alpha value is -2.33. The first kappa shape index (κ1) is 14.3. The van der Waals surface area contributed by atoms with Gasteiger partial charge in [0.15, 0.2) is 0 Å². The second kappa shape index (κ2) is 5.39. The van der Waals surface area contributed by atoms with E-state index in [-0.39, 0.29) is 0 Å². The van der Waals surface area contributed by atoms with Crippen LogP contribution in [0.5, 0.6) is 0 Å². The molecule has 0 amide bonds. The van der Waals surface area contributed by atoms with E-state index in [1.807, 2.05) is 12.3 Å². The zero-order valence-electron chi connectivity index (χ0n) is 13.0. The molecule has 0 bridgehead atoms. The predicted molar refractivity (Wildman–Crippen MR) is 98.0 cm³/mol. The Morgan fingerprint density at radius 1 is 1.00 bits per heavy atom. The molecule has 0 saturated heterocycles. The monoisotopic (exact) mass is 365 g/mol. The third-order valence-corrected chi connectivity index (χ3v) is 4.58. The van der Waals surface area contributed by atoms with Crippen LogP contribution in [0.1, 0.15) is 11.4 Å². The SMILES string of the molecule is Cc1ccc(C)n1-c1c(-c2ccccc2)[nH]c2ncc(Br)cc12. The van der Waals surface area contributed by atoms with E-state index in [4.69, 9.17) is 0 Å². The van der Waals surface area contributed by atoms with E-state index >= 15 is 0 Å². The molecule has 1 N–H and O–H groups in total. The van der Waals surface area contributed by atoms with Gasteiger partial charge in [0.25, 0.3) is 0 Å². The molecule has 0 radical (unpaired) electrons. The maximum Gasteiger partial charge on any atom is 0.139 e. The van der Waals surface area contributed by atoms with Crippen LogP contribution in [0.4, 0.5) is 0 Å². The summed E-state index contributed by atoms with van der Waals surface area (Å²) >= 11 is 3.55. The van der Waals surface area contributed by atoms with Crippen molar-refractivity contribution in [3.8, 4) is 16.9 Å². The van der Waals surface area contributed by atoms with Gasteiger partial charge in [-0.25, -0.2) is 4.98 Å². The van der Waals surface area contributed by atoms with Crippen LogP contribution in [0, 0.1) is 13.8 Å². The van der Waals surface area contributed by atoms with Crippen LogP contribution < -0.4 is 0 Å². The predicted octanol–water partition coefficient (Wildman–Crippen LogP) is 5.40. The minimum absolute atomic E-state index is 0.898. The first-order valence-corrected chi connectivity index (χ1v) is 8.32. The number of aryl methyl sites for hydroxylation is 2. The number of halogens is 1. The van der Waals surface area contributed by atoms with Crippen LogP contribution >= 0.6 is 15.9 Å². The van der Waals surface area contributed by atoms with Crippen LogP contribution in [-0.2, 0) is 0 Å². The van der Waals surface area contributed by atoms with Crippen molar-refractivity contribution in [1.29, 1.82) is 0 Å². The fourth-order valence-electron chi connectivity index (χ4n) is 3.10. The van der Waals surface area contributed by atoms with Crippen LogP contribution in [0.15, 0.2) is 59.2 Å². The third-order valence-electron chi connectivity index (χ3n) is 4.15. The van der Waals surface area contributed by atoms with Gasteiger partial charge in [-0.05, 0) is 48.0 Å². The number of fused-ring (bicyclic) bond motifs is 1. The summed E-state index contributed by atoms with van der Waals surface area (Å²) in [5.74, 6) is 0. The molecule has 0 spiro atoms. The molecule has 3 nitrogen and oxygen atoms in total. The molecule has 3 aromatic heterocycles. The lowest BCUT2D eigenvalue weighted by Crippen LogP contribution is -2.00. The van der Waals surface area contributed by atoms with Crippen molar-refractivity contribution in [3.63, 3.8) is 0 Å². The number of aromatic nitrogens is 3. The topological polar surface area (TPSA) is 33.6 Å². The van der Waals surface area contributed by atoms with E-state index in [0.29, 0.717) is 0 Å². The molecule has 4 rings (SSSR count). The molecule has 0 saturated carbocycles.